The molecule has 0 spiro atoms. The minimum absolute atomic E-state index is 0.170. The molecule has 0 bridgehead atoms. The van der Waals surface area contributed by atoms with Crippen LogP contribution in [0.25, 0.3) is 27.5 Å². The average Bonchev–Trinajstić information content (AvgIpc) is 2.83. The molecule has 0 fully saturated rings. The topological polar surface area (TPSA) is 68.7 Å². The summed E-state index contributed by atoms with van der Waals surface area (Å²) >= 11 is 0. The first-order chi connectivity index (χ1) is 16.3. The highest BCUT2D eigenvalue weighted by atomic mass is 19.1. The lowest BCUT2D eigenvalue weighted by atomic mass is 9.93. The Hall–Kier alpha value is -4.19. The fourth-order valence-electron chi connectivity index (χ4n) is 3.74. The third-order valence-electron chi connectivity index (χ3n) is 5.37. The minimum atomic E-state index is -1.11. The molecule has 1 heterocycles. The Morgan fingerprint density at radius 3 is 2.47 bits per heavy atom. The zero-order valence-corrected chi connectivity index (χ0v) is 19.0. The van der Waals surface area contributed by atoms with Crippen LogP contribution in [0.4, 0.5) is 4.39 Å². The van der Waals surface area contributed by atoms with Gasteiger partial charge in [0.1, 0.15) is 18.2 Å². The predicted octanol–water partition coefficient (Wildman–Crippen LogP) is 6.42. The molecular formula is C28H24FNO4. The van der Waals surface area contributed by atoms with Gasteiger partial charge >= 0.3 is 5.97 Å². The number of carboxylic acid groups (broad SMARTS) is 1. The van der Waals surface area contributed by atoms with Crippen molar-refractivity contribution in [2.75, 3.05) is 6.61 Å². The van der Waals surface area contributed by atoms with Gasteiger partial charge in [0.2, 0.25) is 5.88 Å². The number of fused-ring (bicyclic) bond motifs is 1. The molecule has 0 radical (unpaired) electrons. The first-order valence-corrected chi connectivity index (χ1v) is 10.7. The van der Waals surface area contributed by atoms with Crippen molar-refractivity contribution in [3.05, 3.63) is 95.9 Å². The highest BCUT2D eigenvalue weighted by Crippen LogP contribution is 2.40. The van der Waals surface area contributed by atoms with Gasteiger partial charge in [-0.2, -0.15) is 0 Å². The molecule has 4 rings (SSSR count). The molecule has 34 heavy (non-hydrogen) atoms. The Morgan fingerprint density at radius 2 is 1.79 bits per heavy atom. The molecule has 0 aliphatic rings. The van der Waals surface area contributed by atoms with Crippen molar-refractivity contribution < 1.29 is 23.8 Å². The van der Waals surface area contributed by atoms with Gasteiger partial charge in [-0.3, -0.25) is 0 Å². The Balaban J connectivity index is 1.88. The van der Waals surface area contributed by atoms with E-state index in [0.29, 0.717) is 34.6 Å². The highest BCUT2D eigenvalue weighted by Gasteiger charge is 2.19. The molecule has 1 N–H and O–H groups in total. The number of aryl methyl sites for hydroxylation is 1. The van der Waals surface area contributed by atoms with E-state index in [1.165, 1.54) is 6.07 Å². The van der Waals surface area contributed by atoms with Crippen LogP contribution in [0.15, 0.2) is 73.3 Å². The lowest BCUT2D eigenvalue weighted by molar-refractivity contribution is -0.139. The third-order valence-corrected chi connectivity index (χ3v) is 5.37. The van der Waals surface area contributed by atoms with Crippen LogP contribution >= 0.6 is 0 Å². The predicted molar refractivity (Wildman–Crippen MR) is 130 cm³/mol. The Morgan fingerprint density at radius 1 is 1.03 bits per heavy atom. The first kappa shape index (κ1) is 23.0. The lowest BCUT2D eigenvalue weighted by Gasteiger charge is -2.17. The standard InChI is InChI=1S/C28H24FNO4/c1-17(2)27-26(20-9-12-24(29)18(3)13-20)22-11-10-21(33-15-19-7-5-4-6-8-19)14-23(22)28(30-27)34-16-25(31)32/h4-14H,1,15-16H2,2-3H3,(H,31,32). The number of allylic oxidation sites excluding steroid dienone is 1. The number of hydrogen-bond donors (Lipinski definition) is 1. The van der Waals surface area contributed by atoms with Crippen molar-refractivity contribution >= 4 is 22.3 Å². The zero-order chi connectivity index (χ0) is 24.2. The number of carboxylic acids is 1. The summed E-state index contributed by atoms with van der Waals surface area (Å²) in [5, 5.41) is 10.5. The first-order valence-electron chi connectivity index (χ1n) is 10.7. The largest absolute Gasteiger partial charge is 0.489 e. The van der Waals surface area contributed by atoms with Crippen LogP contribution in [0, 0.1) is 12.7 Å². The maximum absolute atomic E-state index is 14.0. The molecule has 0 saturated heterocycles. The maximum Gasteiger partial charge on any atom is 0.341 e. The fourth-order valence-corrected chi connectivity index (χ4v) is 3.74. The SMILES string of the molecule is C=C(C)c1nc(OCC(=O)O)c2cc(OCc3ccccc3)ccc2c1-c1ccc(F)c(C)c1. The van der Waals surface area contributed by atoms with E-state index < -0.39 is 12.6 Å². The number of nitrogens with zero attached hydrogens (tertiary/aromatic N) is 1. The van der Waals surface area contributed by atoms with E-state index >= 15 is 0 Å². The second-order valence-corrected chi connectivity index (χ2v) is 8.05. The molecule has 0 saturated carbocycles. The van der Waals surface area contributed by atoms with Crippen molar-refractivity contribution in [3.8, 4) is 22.8 Å². The van der Waals surface area contributed by atoms with Gasteiger partial charge in [-0.1, -0.05) is 43.0 Å². The molecule has 172 valence electrons. The Labute approximate surface area is 197 Å². The van der Waals surface area contributed by atoms with Crippen molar-refractivity contribution in [2.45, 2.75) is 20.5 Å². The van der Waals surface area contributed by atoms with E-state index in [9.17, 15) is 9.18 Å². The van der Waals surface area contributed by atoms with E-state index in [1.54, 1.807) is 25.1 Å². The van der Waals surface area contributed by atoms with Gasteiger partial charge in [0.15, 0.2) is 6.61 Å². The summed E-state index contributed by atoms with van der Waals surface area (Å²) in [6, 6.07) is 20.1. The number of carbonyl (C=O) groups is 1. The van der Waals surface area contributed by atoms with E-state index in [4.69, 9.17) is 14.6 Å². The summed E-state index contributed by atoms with van der Waals surface area (Å²) < 4.78 is 25.5. The number of ether oxygens (including phenoxy) is 2. The number of halogens is 1. The second-order valence-electron chi connectivity index (χ2n) is 8.05. The summed E-state index contributed by atoms with van der Waals surface area (Å²) in [5.41, 5.74) is 4.29. The Kier molecular flexibility index (Phi) is 6.59. The van der Waals surface area contributed by atoms with Gasteiger partial charge in [-0.25, -0.2) is 14.2 Å². The van der Waals surface area contributed by atoms with Gasteiger partial charge in [0.05, 0.1) is 5.69 Å². The average molecular weight is 458 g/mol. The molecule has 3 aromatic carbocycles. The van der Waals surface area contributed by atoms with Crippen molar-refractivity contribution in [3.63, 3.8) is 0 Å². The van der Waals surface area contributed by atoms with E-state index in [0.717, 1.165) is 22.1 Å². The molecular weight excluding hydrogens is 433 g/mol. The number of pyridine rings is 1. The van der Waals surface area contributed by atoms with Crippen LogP contribution < -0.4 is 9.47 Å². The molecule has 0 atom stereocenters. The second kappa shape index (κ2) is 9.75. The number of rotatable bonds is 8. The lowest BCUT2D eigenvalue weighted by Crippen LogP contribution is -2.11. The monoisotopic (exact) mass is 457 g/mol. The van der Waals surface area contributed by atoms with Gasteiger partial charge in [0, 0.05) is 10.9 Å². The molecule has 0 amide bonds. The molecule has 6 heteroatoms. The molecule has 1 aromatic heterocycles. The minimum Gasteiger partial charge on any atom is -0.489 e. The van der Waals surface area contributed by atoms with Crippen LogP contribution in [-0.2, 0) is 11.4 Å². The zero-order valence-electron chi connectivity index (χ0n) is 19.0. The van der Waals surface area contributed by atoms with E-state index in [1.807, 2.05) is 49.4 Å². The number of aromatic nitrogens is 1. The van der Waals surface area contributed by atoms with Crippen molar-refractivity contribution in [2.24, 2.45) is 0 Å². The molecule has 4 aromatic rings. The smallest absolute Gasteiger partial charge is 0.341 e. The van der Waals surface area contributed by atoms with Gasteiger partial charge < -0.3 is 14.6 Å². The van der Waals surface area contributed by atoms with E-state index in [2.05, 4.69) is 11.6 Å². The molecule has 0 aliphatic carbocycles. The van der Waals surface area contributed by atoms with Crippen LogP contribution in [-0.4, -0.2) is 22.7 Å². The van der Waals surface area contributed by atoms with Crippen LogP contribution in [0.1, 0.15) is 23.7 Å². The summed E-state index contributed by atoms with van der Waals surface area (Å²) in [6.45, 7) is 7.39. The quantitative estimate of drug-likeness (QED) is 0.330. The van der Waals surface area contributed by atoms with Crippen LogP contribution in [0.2, 0.25) is 0 Å². The van der Waals surface area contributed by atoms with Gasteiger partial charge in [0.25, 0.3) is 0 Å². The normalized spacial score (nSPS) is 10.8. The summed E-state index contributed by atoms with van der Waals surface area (Å²) in [7, 11) is 0. The Bertz CT molecular complexity index is 1380. The van der Waals surface area contributed by atoms with Crippen molar-refractivity contribution in [1.29, 1.82) is 0 Å². The maximum atomic E-state index is 14.0. The highest BCUT2D eigenvalue weighted by molar-refractivity contribution is 6.03. The molecule has 0 unspecified atom stereocenters. The third kappa shape index (κ3) is 4.91. The molecule has 0 aliphatic heterocycles. The number of benzene rings is 3. The number of aliphatic carboxylic acids is 1. The fraction of sp³-hybridized carbons (Fsp3) is 0.143. The van der Waals surface area contributed by atoms with Crippen molar-refractivity contribution in [1.82, 2.24) is 4.98 Å². The van der Waals surface area contributed by atoms with Crippen LogP contribution in [0.3, 0.4) is 0 Å². The summed E-state index contributed by atoms with van der Waals surface area (Å²) in [6.07, 6.45) is 0. The number of hydrogen-bond acceptors (Lipinski definition) is 4. The van der Waals surface area contributed by atoms with Gasteiger partial charge in [-0.15, -0.1) is 0 Å². The summed E-state index contributed by atoms with van der Waals surface area (Å²) in [4.78, 5) is 15.8. The van der Waals surface area contributed by atoms with Crippen LogP contribution in [0.5, 0.6) is 11.6 Å². The molecule has 5 nitrogen and oxygen atoms in total. The summed E-state index contributed by atoms with van der Waals surface area (Å²) in [5.74, 6) is -0.650. The van der Waals surface area contributed by atoms with Gasteiger partial charge in [-0.05, 0) is 71.8 Å². The van der Waals surface area contributed by atoms with E-state index in [-0.39, 0.29) is 11.7 Å².